The topological polar surface area (TPSA) is 562 Å². The van der Waals surface area contributed by atoms with Crippen molar-refractivity contribution in [1.82, 2.24) is 47.2 Å². The van der Waals surface area contributed by atoms with Crippen molar-refractivity contribution in [2.24, 2.45) is 17.4 Å². The number of aromatic hydroxyl groups is 3. The number of ether oxygens (including phenoxy) is 6. The van der Waals surface area contributed by atoms with E-state index in [9.17, 15) is 69.9 Å². The number of phenols is 3. The molecule has 6 aromatic rings. The van der Waals surface area contributed by atoms with Gasteiger partial charge in [-0.15, -0.1) is 0 Å². The predicted octanol–water partition coefficient (Wildman–Crippen LogP) is 1.65. The Morgan fingerprint density at radius 1 is 0.750 bits per heavy atom. The van der Waals surface area contributed by atoms with Crippen LogP contribution in [0.25, 0.3) is 11.1 Å². The number of nitrogens with one attached hydrogen (secondary N) is 7. The van der Waals surface area contributed by atoms with Gasteiger partial charge in [-0.2, -0.15) is 0 Å². The van der Waals surface area contributed by atoms with E-state index in [0.717, 1.165) is 78.5 Å². The average Bonchev–Trinajstić information content (AvgIpc) is 0.767. The number of rotatable bonds is 15. The number of hydrogen-bond acceptors (Lipinski definition) is 28. The third-order valence-electron chi connectivity index (χ3n) is 18.3. The van der Waals surface area contributed by atoms with Crippen molar-refractivity contribution in [3.63, 3.8) is 0 Å². The molecule has 18 atom stereocenters. The number of hydrogen-bond donors (Lipinski definition) is 19. The summed E-state index contributed by atoms with van der Waals surface area (Å²) in [5, 5.41) is 122. The number of benzene rings is 5. The molecule has 11 bridgehead atoms. The highest BCUT2D eigenvalue weighted by atomic mass is 127. The number of amides is 7. The van der Waals surface area contributed by atoms with Crippen molar-refractivity contribution in [2.45, 2.75) is 152 Å². The summed E-state index contributed by atoms with van der Waals surface area (Å²) in [6.45, 7) is 5.14. The van der Waals surface area contributed by atoms with Crippen LogP contribution in [0, 0.1) is 5.92 Å². The van der Waals surface area contributed by atoms with Gasteiger partial charge >= 0.3 is 5.97 Å². The van der Waals surface area contributed by atoms with Crippen LogP contribution in [-0.4, -0.2) is 193 Å². The molecule has 2 fully saturated rings. The number of carboxylic acid groups (broad SMARTS) is 1. The molecule has 0 saturated carbocycles. The molecule has 0 spiro atoms. The number of aliphatic carboxylic acids is 1. The molecule has 15 unspecified atom stereocenters. The Balaban J connectivity index is 1.16. The molecule has 1 aromatic heterocycles. The number of aromatic nitrogens is 2. The maximum Gasteiger partial charge on any atom is 0.330 e. The number of nitrogen functional groups attached to an aromatic ring is 1. The largest absolute Gasteiger partial charge is 0.508 e. The highest BCUT2D eigenvalue weighted by Crippen LogP contribution is 2.50. The van der Waals surface area contributed by atoms with E-state index in [-0.39, 0.29) is 62.9 Å². The monoisotopic (exact) mass is 1670 g/mol. The first-order valence-electron chi connectivity index (χ1n) is 33.3. The van der Waals surface area contributed by atoms with Crippen molar-refractivity contribution in [3.8, 4) is 57.1 Å². The summed E-state index contributed by atoms with van der Waals surface area (Å²) >= 11 is 17.0. The molecule has 22 N–H and O–H groups in total. The van der Waals surface area contributed by atoms with Gasteiger partial charge in [0.15, 0.2) is 35.1 Å². The summed E-state index contributed by atoms with van der Waals surface area (Å²) in [6.07, 6.45) is -16.9. The quantitative estimate of drug-likeness (QED) is 0.0228. The SMILES string of the molecule is CN[C@@H](CC(C)C)C(=O)NC1C(=O)NC(CC(N)=O)C(=O)NC2C(=O)NC3C(=O)N[C@H](C(=O)NC(C(=O)O)c4cc(O)cc(O)c4-c4cc3ccc4O)[C@H](O)c3ccc(c(Cl)c3)Oc3cc2cc(c3OC2OC(CSc3nccc(N)n3)C(O)C(O)C2OC2CC(N)(I)C(O)C(C)O2)Oc2ccc(cc2Cl)C1O. The maximum atomic E-state index is 16.2. The van der Waals surface area contributed by atoms with Gasteiger partial charge in [0.25, 0.3) is 0 Å². The second-order valence-corrected chi connectivity index (χ2v) is 30.3. The molecule has 8 heterocycles. The van der Waals surface area contributed by atoms with Crippen LogP contribution in [0.3, 0.4) is 0 Å². The number of aliphatic hydroxyl groups is 5. The zero-order valence-electron chi connectivity index (χ0n) is 57.3. The molecular formula is C69H75Cl2IN12O23S. The lowest BCUT2D eigenvalue weighted by molar-refractivity contribution is -0.325. The minimum atomic E-state index is -2.35. The number of fused-ring (bicyclic) bond motifs is 15. The Morgan fingerprint density at radius 3 is 1.99 bits per heavy atom. The van der Waals surface area contributed by atoms with E-state index in [0.29, 0.717) is 0 Å². The van der Waals surface area contributed by atoms with Crippen LogP contribution in [0.15, 0.2) is 96.3 Å². The Bertz CT molecular complexity index is 4520. The van der Waals surface area contributed by atoms with E-state index in [1.807, 2.05) is 36.4 Å². The fraction of sp³-hybridized carbons (Fsp3) is 0.391. The number of primary amides is 1. The zero-order chi connectivity index (χ0) is 78.2. The number of phenolic OH excluding ortho intramolecular Hbond substituents is 3. The number of carbonyl (C=O) groups is 8. The first-order valence-corrected chi connectivity index (χ1v) is 36.1. The molecule has 7 aliphatic heterocycles. The summed E-state index contributed by atoms with van der Waals surface area (Å²) in [4.78, 5) is 126. The molecular weight excluding hydrogens is 1590 g/mol. The third-order valence-corrected chi connectivity index (χ3v) is 20.9. The molecule has 5 aromatic carbocycles. The summed E-state index contributed by atoms with van der Waals surface area (Å²) in [5.41, 5.74) is 15.5. The van der Waals surface area contributed by atoms with E-state index in [1.165, 1.54) is 38.4 Å². The van der Waals surface area contributed by atoms with Gasteiger partial charge in [0.2, 0.25) is 53.4 Å². The van der Waals surface area contributed by atoms with Crippen LogP contribution in [0.5, 0.6) is 46.0 Å². The standard InChI is InChI=1S/C69H75Cl2IN12O23S/c1-24(2)13-35(76-4)60(94)83-51-53(89)27-6-9-39(33(70)15-27)103-41-17-29-18-42(57(41)107-67-58(106-46-22-69(72,75)59(93)25(3)102-46)56(92)55(91)43(105-67)23-108-68-77-12-11-44(73)79-68)104-40-10-7-28(16-34(40)71)54(90)52-65(99)82-50(66(100)101)32-19-30(85)20-38(87)47(32)31-14-26(5-8-37(31)86)48(62(96)84-52)81-63(97)49(29)80-61(95)36(21-45(74)88)78-64(51)98/h5-12,14-20,24-25,35-36,43,46,48-56,58-59,67,76,85-87,89-93H,13,21-23,75H2,1-4H3,(H2,74,88)(H,78,98)(H,80,95)(H,81,97)(H,82,99)(H,83,94)(H,84,96)(H,100,101)(H2,73,77,79)/t25?,35-,36?,43?,46?,48?,49?,50?,51?,52-,53?,54+,55?,56?,58?,59?,67?,69?/m0/s1. The highest BCUT2D eigenvalue weighted by Gasteiger charge is 2.52. The fourth-order valence-corrected chi connectivity index (χ4v) is 15.0. The molecule has 39 heteroatoms. The lowest BCUT2D eigenvalue weighted by atomic mass is 9.89. The van der Waals surface area contributed by atoms with E-state index in [4.69, 9.17) is 68.8 Å². The van der Waals surface area contributed by atoms with E-state index >= 15 is 14.4 Å². The lowest BCUT2D eigenvalue weighted by Gasteiger charge is -2.46. The minimum absolute atomic E-state index is 0.0811. The van der Waals surface area contributed by atoms with Gasteiger partial charge in [-0.05, 0) is 109 Å². The summed E-state index contributed by atoms with van der Waals surface area (Å²) in [6, 6.07) is 0.870. The number of nitrogens with zero attached hydrogens (tertiary/aromatic N) is 2. The van der Waals surface area contributed by atoms with Gasteiger partial charge < -0.3 is 129 Å². The van der Waals surface area contributed by atoms with Crippen molar-refractivity contribution in [1.29, 1.82) is 0 Å². The van der Waals surface area contributed by atoms with E-state index in [2.05, 4.69) is 47.2 Å². The highest BCUT2D eigenvalue weighted by molar-refractivity contribution is 14.1. The smallest absolute Gasteiger partial charge is 0.330 e. The Kier molecular flexibility index (Phi) is 24.3. The third kappa shape index (κ3) is 17.4. The molecule has 35 nitrogen and oxygen atoms in total. The summed E-state index contributed by atoms with van der Waals surface area (Å²) in [7, 11) is 1.48. The maximum absolute atomic E-state index is 16.2. The second-order valence-electron chi connectivity index (χ2n) is 26.5. The van der Waals surface area contributed by atoms with Crippen molar-refractivity contribution >= 4 is 111 Å². The Morgan fingerprint density at radius 2 is 1.38 bits per heavy atom. The predicted molar refractivity (Wildman–Crippen MR) is 388 cm³/mol. The number of carbonyl (C=O) groups excluding carboxylic acids is 7. The number of aliphatic hydroxyl groups excluding tert-OH is 5. The normalized spacial score (nSPS) is 28.3. The number of thioether (sulfide) groups is 1. The molecule has 13 rings (SSSR count). The van der Waals surface area contributed by atoms with Gasteiger partial charge in [-0.1, -0.05) is 89.6 Å². The summed E-state index contributed by atoms with van der Waals surface area (Å²) in [5.74, 6) is -16.1. The molecule has 0 radical (unpaired) electrons. The molecule has 0 aliphatic carbocycles. The first-order chi connectivity index (χ1) is 51.1. The summed E-state index contributed by atoms with van der Waals surface area (Å²) < 4.78 is 38.0. The Labute approximate surface area is 641 Å². The number of carboxylic acids is 1. The molecule has 7 amide bonds. The van der Waals surface area contributed by atoms with Gasteiger partial charge in [0.1, 0.15) is 98.8 Å². The first kappa shape index (κ1) is 79.8. The lowest BCUT2D eigenvalue weighted by Crippen LogP contribution is -2.63. The fourth-order valence-electron chi connectivity index (χ4n) is 12.8. The van der Waals surface area contributed by atoms with Gasteiger partial charge in [-0.25, -0.2) is 14.8 Å². The van der Waals surface area contributed by atoms with E-state index < -0.39 is 229 Å². The van der Waals surface area contributed by atoms with Crippen molar-refractivity contribution in [3.05, 3.63) is 129 Å². The Hall–Kier alpha value is -9.20. The second kappa shape index (κ2) is 32.9. The number of likely N-dealkylation sites (N-methyl/N-ethyl adjacent to an activating group) is 1. The van der Waals surface area contributed by atoms with Crippen LogP contribution in [0.4, 0.5) is 5.82 Å². The number of halogens is 3. The number of alkyl halides is 1. The molecule has 2 saturated heterocycles. The van der Waals surface area contributed by atoms with Crippen LogP contribution >= 0.6 is 57.6 Å². The van der Waals surface area contributed by atoms with Crippen LogP contribution in [-0.2, 0) is 52.6 Å². The van der Waals surface area contributed by atoms with Crippen LogP contribution in [0.2, 0.25) is 10.0 Å². The molecule has 7 aliphatic rings. The van der Waals surface area contributed by atoms with Gasteiger partial charge in [0.05, 0.1) is 34.7 Å². The molecule has 576 valence electrons. The van der Waals surface area contributed by atoms with Gasteiger partial charge in [-0.3, -0.25) is 33.6 Å². The molecule has 108 heavy (non-hydrogen) atoms. The zero-order valence-corrected chi connectivity index (χ0v) is 61.8. The number of nitrogens with two attached hydrogens (primary N) is 3. The van der Waals surface area contributed by atoms with Crippen molar-refractivity contribution < 1.29 is 113 Å². The minimum Gasteiger partial charge on any atom is -0.508 e. The number of anilines is 1. The van der Waals surface area contributed by atoms with E-state index in [1.54, 1.807) is 0 Å². The average molecular weight is 1670 g/mol. The van der Waals surface area contributed by atoms with Crippen molar-refractivity contribution in [2.75, 3.05) is 18.5 Å². The van der Waals surface area contributed by atoms with Crippen LogP contribution < -0.4 is 68.6 Å². The van der Waals surface area contributed by atoms with Crippen LogP contribution in [0.1, 0.15) is 98.2 Å². The van der Waals surface area contributed by atoms with Gasteiger partial charge in [0, 0.05) is 41.1 Å².